The number of hydrogen-bond acceptors (Lipinski definition) is 4. The second-order valence-corrected chi connectivity index (χ2v) is 6.00. The fourth-order valence-corrected chi connectivity index (χ4v) is 2.96. The molecule has 0 fully saturated rings. The van der Waals surface area contributed by atoms with E-state index in [2.05, 4.69) is 21.7 Å². The number of carbonyl (C=O) groups excluding carboxylic acids is 2. The van der Waals surface area contributed by atoms with E-state index in [4.69, 9.17) is 4.74 Å². The molecule has 1 aromatic heterocycles. The highest BCUT2D eigenvalue weighted by atomic mass is 16.5. The lowest BCUT2D eigenvalue weighted by atomic mass is 10.0. The van der Waals surface area contributed by atoms with E-state index in [1.807, 2.05) is 23.1 Å². The lowest BCUT2D eigenvalue weighted by Gasteiger charge is -2.29. The van der Waals surface area contributed by atoms with Crippen LogP contribution in [0.5, 0.6) is 5.88 Å². The normalized spacial score (nSPS) is 12.9. The van der Waals surface area contributed by atoms with Gasteiger partial charge in [0.25, 0.3) is 0 Å². The SMILES string of the molecule is COc1ccc(NC(=O)NCCC(=O)N2CCCc3ccccc32)cn1. The quantitative estimate of drug-likeness (QED) is 0.864. The van der Waals surface area contributed by atoms with Crippen molar-refractivity contribution in [1.29, 1.82) is 0 Å². The van der Waals surface area contributed by atoms with E-state index in [0.717, 1.165) is 25.1 Å². The zero-order valence-corrected chi connectivity index (χ0v) is 14.7. The molecule has 1 aliphatic heterocycles. The summed E-state index contributed by atoms with van der Waals surface area (Å²) in [6, 6.07) is 11.0. The molecule has 2 aromatic rings. The molecule has 2 heterocycles. The molecule has 3 rings (SSSR count). The van der Waals surface area contributed by atoms with E-state index < -0.39 is 0 Å². The summed E-state index contributed by atoms with van der Waals surface area (Å²) in [5, 5.41) is 5.37. The maximum Gasteiger partial charge on any atom is 0.319 e. The molecule has 0 saturated heterocycles. The third-order valence-corrected chi connectivity index (χ3v) is 4.24. The number of aryl methyl sites for hydroxylation is 1. The molecular weight excluding hydrogens is 332 g/mol. The van der Waals surface area contributed by atoms with Crippen molar-refractivity contribution in [3.05, 3.63) is 48.2 Å². The van der Waals surface area contributed by atoms with Crippen LogP contribution < -0.4 is 20.3 Å². The van der Waals surface area contributed by atoms with Gasteiger partial charge in [-0.2, -0.15) is 0 Å². The molecule has 0 saturated carbocycles. The number of ether oxygens (including phenoxy) is 1. The molecule has 0 aliphatic carbocycles. The van der Waals surface area contributed by atoms with E-state index in [9.17, 15) is 9.59 Å². The number of anilines is 2. The Bertz CT molecular complexity index is 777. The number of urea groups is 1. The minimum atomic E-state index is -0.371. The number of para-hydroxylation sites is 1. The summed E-state index contributed by atoms with van der Waals surface area (Å²) >= 11 is 0. The van der Waals surface area contributed by atoms with Crippen LogP contribution in [-0.2, 0) is 11.2 Å². The first-order valence-electron chi connectivity index (χ1n) is 8.60. The van der Waals surface area contributed by atoms with Gasteiger partial charge in [0.05, 0.1) is 19.0 Å². The van der Waals surface area contributed by atoms with Crippen LogP contribution in [0, 0.1) is 0 Å². The topological polar surface area (TPSA) is 83.6 Å². The Morgan fingerprint density at radius 2 is 2.08 bits per heavy atom. The number of hydrogen-bond donors (Lipinski definition) is 2. The second kappa shape index (κ2) is 8.33. The van der Waals surface area contributed by atoms with Gasteiger partial charge in [-0.15, -0.1) is 0 Å². The first kappa shape index (κ1) is 17.7. The summed E-state index contributed by atoms with van der Waals surface area (Å²) < 4.78 is 4.97. The van der Waals surface area contributed by atoms with Crippen LogP contribution in [0.2, 0.25) is 0 Å². The monoisotopic (exact) mass is 354 g/mol. The number of carbonyl (C=O) groups is 2. The van der Waals surface area contributed by atoms with E-state index >= 15 is 0 Å². The van der Waals surface area contributed by atoms with Crippen molar-refractivity contribution in [3.63, 3.8) is 0 Å². The van der Waals surface area contributed by atoms with Crippen molar-refractivity contribution in [2.45, 2.75) is 19.3 Å². The highest BCUT2D eigenvalue weighted by Gasteiger charge is 2.21. The minimum Gasteiger partial charge on any atom is -0.481 e. The van der Waals surface area contributed by atoms with Crippen molar-refractivity contribution in [2.75, 3.05) is 30.4 Å². The fraction of sp³-hybridized carbons (Fsp3) is 0.316. The molecule has 136 valence electrons. The van der Waals surface area contributed by atoms with Crippen LogP contribution in [-0.4, -0.2) is 37.1 Å². The second-order valence-electron chi connectivity index (χ2n) is 6.00. The smallest absolute Gasteiger partial charge is 0.319 e. The van der Waals surface area contributed by atoms with Crippen LogP contribution >= 0.6 is 0 Å². The van der Waals surface area contributed by atoms with E-state index in [-0.39, 0.29) is 24.9 Å². The van der Waals surface area contributed by atoms with Gasteiger partial charge in [-0.1, -0.05) is 18.2 Å². The average Bonchev–Trinajstić information content (AvgIpc) is 2.68. The lowest BCUT2D eigenvalue weighted by Crippen LogP contribution is -2.38. The molecule has 1 aromatic carbocycles. The lowest BCUT2D eigenvalue weighted by molar-refractivity contribution is -0.118. The Morgan fingerprint density at radius 1 is 1.23 bits per heavy atom. The van der Waals surface area contributed by atoms with E-state index in [1.165, 1.54) is 18.9 Å². The number of benzene rings is 1. The van der Waals surface area contributed by atoms with Crippen molar-refractivity contribution < 1.29 is 14.3 Å². The summed E-state index contributed by atoms with van der Waals surface area (Å²) in [6.07, 6.45) is 3.72. The Labute approximate surface area is 152 Å². The minimum absolute atomic E-state index is 0.0172. The molecule has 26 heavy (non-hydrogen) atoms. The Kier molecular flexibility index (Phi) is 5.68. The standard InChI is InChI=1S/C19H22N4O3/c1-26-17-9-8-15(13-21-17)22-19(25)20-11-10-18(24)23-12-4-6-14-5-2-3-7-16(14)23/h2-3,5,7-9,13H,4,6,10-12H2,1H3,(H2,20,22,25). The van der Waals surface area contributed by atoms with Gasteiger partial charge in [-0.25, -0.2) is 9.78 Å². The summed E-state index contributed by atoms with van der Waals surface area (Å²) in [5.74, 6) is 0.493. The Hall–Kier alpha value is -3.09. The number of nitrogens with one attached hydrogen (secondary N) is 2. The largest absolute Gasteiger partial charge is 0.481 e. The third-order valence-electron chi connectivity index (χ3n) is 4.24. The van der Waals surface area contributed by atoms with Crippen molar-refractivity contribution in [3.8, 4) is 5.88 Å². The van der Waals surface area contributed by atoms with E-state index in [1.54, 1.807) is 12.1 Å². The van der Waals surface area contributed by atoms with Crippen LogP contribution in [0.15, 0.2) is 42.6 Å². The number of aromatic nitrogens is 1. The van der Waals surface area contributed by atoms with Gasteiger partial charge in [0.2, 0.25) is 11.8 Å². The van der Waals surface area contributed by atoms with Gasteiger partial charge in [-0.3, -0.25) is 4.79 Å². The first-order chi connectivity index (χ1) is 12.7. The van der Waals surface area contributed by atoms with Crippen molar-refractivity contribution >= 4 is 23.3 Å². The van der Waals surface area contributed by atoms with Crippen LogP contribution in [0.25, 0.3) is 0 Å². The average molecular weight is 354 g/mol. The summed E-state index contributed by atoms with van der Waals surface area (Å²) in [4.78, 5) is 30.2. The molecule has 7 heteroatoms. The number of nitrogens with zero attached hydrogens (tertiary/aromatic N) is 2. The maximum atomic E-state index is 12.5. The van der Waals surface area contributed by atoms with E-state index in [0.29, 0.717) is 11.6 Å². The molecule has 0 bridgehead atoms. The van der Waals surface area contributed by atoms with Gasteiger partial charge in [0.15, 0.2) is 0 Å². The van der Waals surface area contributed by atoms with Crippen molar-refractivity contribution in [1.82, 2.24) is 10.3 Å². The number of pyridine rings is 1. The van der Waals surface area contributed by atoms with Crippen LogP contribution in [0.1, 0.15) is 18.4 Å². The highest BCUT2D eigenvalue weighted by Crippen LogP contribution is 2.27. The highest BCUT2D eigenvalue weighted by molar-refractivity contribution is 5.95. The molecule has 3 amide bonds. The number of amides is 3. The zero-order valence-electron chi connectivity index (χ0n) is 14.7. The van der Waals surface area contributed by atoms with Gasteiger partial charge in [0, 0.05) is 31.3 Å². The molecule has 7 nitrogen and oxygen atoms in total. The molecule has 0 radical (unpaired) electrons. The predicted molar refractivity (Wildman–Crippen MR) is 99.5 cm³/mol. The summed E-state index contributed by atoms with van der Waals surface area (Å²) in [7, 11) is 1.53. The van der Waals surface area contributed by atoms with Gasteiger partial charge in [-0.05, 0) is 30.5 Å². The first-order valence-corrected chi connectivity index (χ1v) is 8.60. The summed E-state index contributed by atoms with van der Waals surface area (Å²) in [6.45, 7) is 0.993. The van der Waals surface area contributed by atoms with Crippen molar-refractivity contribution in [2.24, 2.45) is 0 Å². The summed E-state index contributed by atoms with van der Waals surface area (Å²) in [5.41, 5.74) is 2.74. The molecule has 2 N–H and O–H groups in total. The predicted octanol–water partition coefficient (Wildman–Crippen LogP) is 2.58. The number of methoxy groups -OCH3 is 1. The third kappa shape index (κ3) is 4.30. The maximum absolute atomic E-state index is 12.5. The molecular formula is C19H22N4O3. The fourth-order valence-electron chi connectivity index (χ4n) is 2.96. The molecule has 0 unspecified atom stereocenters. The Balaban J connectivity index is 1.47. The Morgan fingerprint density at radius 3 is 2.85 bits per heavy atom. The van der Waals surface area contributed by atoms with Gasteiger partial charge in [0.1, 0.15) is 0 Å². The van der Waals surface area contributed by atoms with Gasteiger partial charge >= 0.3 is 6.03 Å². The number of rotatable bonds is 5. The number of fused-ring (bicyclic) bond motifs is 1. The molecule has 0 spiro atoms. The van der Waals surface area contributed by atoms with Crippen LogP contribution in [0.3, 0.4) is 0 Å². The zero-order chi connectivity index (χ0) is 18.4. The van der Waals surface area contributed by atoms with Gasteiger partial charge < -0.3 is 20.3 Å². The molecule has 0 atom stereocenters. The van der Waals surface area contributed by atoms with Crippen LogP contribution in [0.4, 0.5) is 16.2 Å². The molecule has 1 aliphatic rings.